The summed E-state index contributed by atoms with van der Waals surface area (Å²) in [6.45, 7) is 2.97. The molecule has 2 atom stereocenters. The topological polar surface area (TPSA) is 64.4 Å². The Hall–Kier alpha value is -0.630. The van der Waals surface area contributed by atoms with Gasteiger partial charge in [-0.25, -0.2) is 8.42 Å². The van der Waals surface area contributed by atoms with E-state index in [1.807, 2.05) is 6.92 Å². The maximum absolute atomic E-state index is 12.5. The van der Waals surface area contributed by atoms with E-state index in [1.165, 1.54) is 21.4 Å². The SMILES string of the molecule is CC1OCCC1N(C)S(=O)(=O)c1cnn(CCCl)c1. The molecule has 2 heterocycles. The lowest BCUT2D eigenvalue weighted by Crippen LogP contribution is -2.40. The van der Waals surface area contributed by atoms with Crippen LogP contribution in [0.4, 0.5) is 0 Å². The number of likely N-dealkylation sites (N-methyl/N-ethyl adjacent to an activating group) is 1. The molecule has 0 amide bonds. The highest BCUT2D eigenvalue weighted by Gasteiger charge is 2.35. The van der Waals surface area contributed by atoms with Crippen LogP contribution in [0, 0.1) is 0 Å². The highest BCUT2D eigenvalue weighted by atomic mass is 35.5. The largest absolute Gasteiger partial charge is 0.377 e. The zero-order chi connectivity index (χ0) is 14.0. The first-order chi connectivity index (χ1) is 8.96. The molecule has 0 spiro atoms. The van der Waals surface area contributed by atoms with Gasteiger partial charge in [0, 0.05) is 25.7 Å². The number of ether oxygens (including phenoxy) is 1. The van der Waals surface area contributed by atoms with Gasteiger partial charge in [-0.2, -0.15) is 9.40 Å². The van der Waals surface area contributed by atoms with Gasteiger partial charge in [-0.05, 0) is 13.3 Å². The second-order valence-corrected chi connectivity index (χ2v) is 6.96. The first-order valence-electron chi connectivity index (χ1n) is 6.15. The fraction of sp³-hybridized carbons (Fsp3) is 0.727. The Morgan fingerprint density at radius 2 is 2.37 bits per heavy atom. The molecule has 1 aromatic heterocycles. The van der Waals surface area contributed by atoms with Gasteiger partial charge in [0.15, 0.2) is 0 Å². The monoisotopic (exact) mass is 307 g/mol. The summed E-state index contributed by atoms with van der Waals surface area (Å²) in [4.78, 5) is 0.194. The molecule has 0 saturated carbocycles. The molecule has 1 aromatic rings. The third-order valence-corrected chi connectivity index (χ3v) is 5.41. The molecule has 0 aromatic carbocycles. The standard InChI is InChI=1S/C11H18ClN3O3S/c1-9-11(3-6-18-9)14(2)19(16,17)10-7-13-15(8-10)5-4-12/h7-9,11H,3-6H2,1-2H3. The lowest BCUT2D eigenvalue weighted by Gasteiger charge is -2.25. The summed E-state index contributed by atoms with van der Waals surface area (Å²) < 4.78 is 33.3. The first kappa shape index (κ1) is 14.8. The van der Waals surface area contributed by atoms with Crippen molar-refractivity contribution in [2.24, 2.45) is 0 Å². The van der Waals surface area contributed by atoms with Crippen LogP contribution in [0.25, 0.3) is 0 Å². The molecule has 0 N–H and O–H groups in total. The van der Waals surface area contributed by atoms with Crippen molar-refractivity contribution < 1.29 is 13.2 Å². The predicted molar refractivity (Wildman–Crippen MR) is 71.7 cm³/mol. The molecule has 108 valence electrons. The van der Waals surface area contributed by atoms with Crippen LogP contribution in [0.15, 0.2) is 17.3 Å². The highest BCUT2D eigenvalue weighted by Crippen LogP contribution is 2.24. The third kappa shape index (κ3) is 2.94. The van der Waals surface area contributed by atoms with E-state index in [-0.39, 0.29) is 17.0 Å². The maximum Gasteiger partial charge on any atom is 0.246 e. The fourth-order valence-electron chi connectivity index (χ4n) is 2.23. The molecule has 1 fully saturated rings. The molecule has 2 rings (SSSR count). The smallest absolute Gasteiger partial charge is 0.246 e. The number of halogens is 1. The van der Waals surface area contributed by atoms with Gasteiger partial charge in [-0.1, -0.05) is 0 Å². The third-order valence-electron chi connectivity index (χ3n) is 3.40. The Morgan fingerprint density at radius 3 is 2.95 bits per heavy atom. The van der Waals surface area contributed by atoms with Crippen molar-refractivity contribution >= 4 is 21.6 Å². The first-order valence-corrected chi connectivity index (χ1v) is 8.12. The fourth-order valence-corrected chi connectivity index (χ4v) is 3.80. The summed E-state index contributed by atoms with van der Waals surface area (Å²) in [5.41, 5.74) is 0. The maximum atomic E-state index is 12.5. The molecule has 1 saturated heterocycles. The van der Waals surface area contributed by atoms with E-state index in [1.54, 1.807) is 7.05 Å². The van der Waals surface area contributed by atoms with Gasteiger partial charge in [0.05, 0.1) is 24.9 Å². The summed E-state index contributed by atoms with van der Waals surface area (Å²) in [5, 5.41) is 4.00. The summed E-state index contributed by atoms with van der Waals surface area (Å²) >= 11 is 5.61. The second kappa shape index (κ2) is 5.78. The molecule has 2 unspecified atom stereocenters. The van der Waals surface area contributed by atoms with Crippen LogP contribution in [0.3, 0.4) is 0 Å². The number of nitrogens with zero attached hydrogens (tertiary/aromatic N) is 3. The minimum absolute atomic E-state index is 0.0855. The van der Waals surface area contributed by atoms with Crippen LogP contribution in [-0.4, -0.2) is 54.2 Å². The predicted octanol–water partition coefficient (Wildman–Crippen LogP) is 0.920. The second-order valence-electron chi connectivity index (χ2n) is 4.58. The van der Waals surface area contributed by atoms with E-state index < -0.39 is 10.0 Å². The Balaban J connectivity index is 2.20. The van der Waals surface area contributed by atoms with Crippen molar-refractivity contribution in [2.75, 3.05) is 19.5 Å². The van der Waals surface area contributed by atoms with Crippen molar-refractivity contribution in [2.45, 2.75) is 36.9 Å². The van der Waals surface area contributed by atoms with Crippen LogP contribution in [0.5, 0.6) is 0 Å². The Labute approximate surface area is 118 Å². The van der Waals surface area contributed by atoms with Crippen molar-refractivity contribution in [1.82, 2.24) is 14.1 Å². The molecule has 6 nitrogen and oxygen atoms in total. The molecular formula is C11H18ClN3O3S. The Kier molecular flexibility index (Phi) is 4.50. The molecule has 1 aliphatic rings. The van der Waals surface area contributed by atoms with Crippen molar-refractivity contribution in [3.63, 3.8) is 0 Å². The van der Waals surface area contributed by atoms with Gasteiger partial charge in [0.1, 0.15) is 4.90 Å². The van der Waals surface area contributed by atoms with Gasteiger partial charge in [0.2, 0.25) is 10.0 Å². The van der Waals surface area contributed by atoms with Gasteiger partial charge in [-0.15, -0.1) is 11.6 Å². The molecule has 8 heteroatoms. The van der Waals surface area contributed by atoms with E-state index in [2.05, 4.69) is 5.10 Å². The van der Waals surface area contributed by atoms with Crippen molar-refractivity contribution in [1.29, 1.82) is 0 Å². The zero-order valence-corrected chi connectivity index (χ0v) is 12.6. The highest BCUT2D eigenvalue weighted by molar-refractivity contribution is 7.89. The minimum Gasteiger partial charge on any atom is -0.377 e. The van der Waals surface area contributed by atoms with Crippen LogP contribution in [-0.2, 0) is 21.3 Å². The summed E-state index contributed by atoms with van der Waals surface area (Å²) in [6, 6.07) is -0.124. The zero-order valence-electron chi connectivity index (χ0n) is 11.0. The number of hydrogen-bond acceptors (Lipinski definition) is 4. The van der Waals surface area contributed by atoms with E-state index in [0.29, 0.717) is 25.5 Å². The van der Waals surface area contributed by atoms with E-state index in [9.17, 15) is 8.42 Å². The quantitative estimate of drug-likeness (QED) is 0.759. The molecule has 0 bridgehead atoms. The summed E-state index contributed by atoms with van der Waals surface area (Å²) in [6.07, 6.45) is 3.50. The number of alkyl halides is 1. The van der Waals surface area contributed by atoms with Crippen molar-refractivity contribution in [3.05, 3.63) is 12.4 Å². The van der Waals surface area contributed by atoms with Crippen LogP contribution in [0.1, 0.15) is 13.3 Å². The minimum atomic E-state index is -3.53. The molecule has 0 aliphatic carbocycles. The lowest BCUT2D eigenvalue weighted by atomic mass is 10.2. The van der Waals surface area contributed by atoms with E-state index in [4.69, 9.17) is 16.3 Å². The number of sulfonamides is 1. The van der Waals surface area contributed by atoms with Gasteiger partial charge < -0.3 is 4.74 Å². The van der Waals surface area contributed by atoms with Crippen molar-refractivity contribution in [3.8, 4) is 0 Å². The average molecular weight is 308 g/mol. The van der Waals surface area contributed by atoms with E-state index >= 15 is 0 Å². The summed E-state index contributed by atoms with van der Waals surface area (Å²) in [5.74, 6) is 0.393. The normalized spacial score (nSPS) is 24.2. The molecule has 19 heavy (non-hydrogen) atoms. The average Bonchev–Trinajstić information content (AvgIpc) is 2.98. The number of aromatic nitrogens is 2. The molecular weight excluding hydrogens is 290 g/mol. The van der Waals surface area contributed by atoms with Crippen LogP contribution >= 0.6 is 11.6 Å². The summed E-state index contributed by atoms with van der Waals surface area (Å²) in [7, 11) is -1.94. The van der Waals surface area contributed by atoms with Gasteiger partial charge in [0.25, 0.3) is 0 Å². The number of rotatable bonds is 5. The Morgan fingerprint density at radius 1 is 1.63 bits per heavy atom. The van der Waals surface area contributed by atoms with E-state index in [0.717, 1.165) is 0 Å². The number of aryl methyl sites for hydroxylation is 1. The lowest BCUT2D eigenvalue weighted by molar-refractivity contribution is 0.102. The molecule has 0 radical (unpaired) electrons. The van der Waals surface area contributed by atoms with Crippen LogP contribution in [0.2, 0.25) is 0 Å². The van der Waals surface area contributed by atoms with Gasteiger partial charge >= 0.3 is 0 Å². The molecule has 1 aliphatic heterocycles. The Bertz CT molecular complexity index is 531. The van der Waals surface area contributed by atoms with Crippen LogP contribution < -0.4 is 0 Å². The van der Waals surface area contributed by atoms with Gasteiger partial charge in [-0.3, -0.25) is 4.68 Å². The number of hydrogen-bond donors (Lipinski definition) is 0.